The molecule has 0 amide bonds. The van der Waals surface area contributed by atoms with Gasteiger partial charge in [0.25, 0.3) is 0 Å². The molecule has 0 aromatic carbocycles. The van der Waals surface area contributed by atoms with Gasteiger partial charge in [0.05, 0.1) is 14.0 Å². The highest BCUT2D eigenvalue weighted by atomic mass is 35.5. The van der Waals surface area contributed by atoms with Crippen molar-refractivity contribution in [2.24, 2.45) is 5.92 Å². The van der Waals surface area contributed by atoms with Crippen LogP contribution in [0.4, 0.5) is 0 Å². The average molecular weight is 256 g/mol. The fraction of sp³-hybridized carbons (Fsp3) is 0.556. The Hall–Kier alpha value is 0.570. The van der Waals surface area contributed by atoms with E-state index in [9.17, 15) is 0 Å². The smallest absolute Gasteiger partial charge is 0.0991 e. The molecule has 13 heavy (non-hydrogen) atoms. The summed E-state index contributed by atoms with van der Waals surface area (Å²) in [6.07, 6.45) is 3.74. The summed E-state index contributed by atoms with van der Waals surface area (Å²) >= 11 is 19.6. The quantitative estimate of drug-likeness (QED) is 0.642. The van der Waals surface area contributed by atoms with Crippen LogP contribution in [0.1, 0.15) is 30.2 Å². The van der Waals surface area contributed by atoms with Crippen molar-refractivity contribution >= 4 is 46.1 Å². The van der Waals surface area contributed by atoms with Crippen LogP contribution in [0.3, 0.4) is 0 Å². The topological polar surface area (TPSA) is 0 Å². The Morgan fingerprint density at radius 1 is 1.38 bits per heavy atom. The van der Waals surface area contributed by atoms with Crippen molar-refractivity contribution in [3.8, 4) is 0 Å². The zero-order valence-electron chi connectivity index (χ0n) is 6.90. The Bertz CT molecular complexity index is 304. The molecule has 1 aliphatic rings. The number of thiophene rings is 1. The minimum atomic E-state index is 0.0602. The van der Waals surface area contributed by atoms with E-state index >= 15 is 0 Å². The summed E-state index contributed by atoms with van der Waals surface area (Å²) in [5.74, 6) is 0.602. The monoisotopic (exact) mass is 254 g/mol. The Morgan fingerprint density at radius 3 is 2.46 bits per heavy atom. The molecule has 4 heteroatoms. The summed E-state index contributed by atoms with van der Waals surface area (Å²) in [7, 11) is 0. The molecule has 72 valence electrons. The number of alkyl halides is 1. The van der Waals surface area contributed by atoms with Crippen molar-refractivity contribution in [2.75, 3.05) is 0 Å². The van der Waals surface area contributed by atoms with Gasteiger partial charge in [-0.1, -0.05) is 29.6 Å². The zero-order valence-corrected chi connectivity index (χ0v) is 9.98. The van der Waals surface area contributed by atoms with Gasteiger partial charge in [0.2, 0.25) is 0 Å². The van der Waals surface area contributed by atoms with E-state index in [4.69, 9.17) is 34.8 Å². The fourth-order valence-electron chi connectivity index (χ4n) is 1.53. The molecule has 1 fully saturated rings. The SMILES string of the molecule is Clc1cc(C(Cl)C2CCC2)c(Cl)s1. The van der Waals surface area contributed by atoms with Crippen LogP contribution in [0.5, 0.6) is 0 Å². The van der Waals surface area contributed by atoms with E-state index < -0.39 is 0 Å². The van der Waals surface area contributed by atoms with Gasteiger partial charge in [-0.15, -0.1) is 22.9 Å². The van der Waals surface area contributed by atoms with Crippen LogP contribution in [0.25, 0.3) is 0 Å². The standard InChI is InChI=1S/C9H9Cl3S/c10-7-4-6(9(12)13-7)8(11)5-2-1-3-5/h4-5,8H,1-3H2. The van der Waals surface area contributed by atoms with Crippen molar-refractivity contribution in [3.63, 3.8) is 0 Å². The normalized spacial score (nSPS) is 19.9. The fourth-order valence-corrected chi connectivity index (χ4v) is 3.62. The average Bonchev–Trinajstić information content (AvgIpc) is 2.26. The van der Waals surface area contributed by atoms with E-state index in [0.717, 1.165) is 14.2 Å². The molecule has 1 heterocycles. The molecular weight excluding hydrogens is 247 g/mol. The zero-order chi connectivity index (χ0) is 9.42. The summed E-state index contributed by atoms with van der Waals surface area (Å²) in [5.41, 5.74) is 1.02. The number of rotatable bonds is 2. The Labute approximate surface area is 96.8 Å². The first-order valence-corrected chi connectivity index (χ1v) is 6.28. The van der Waals surface area contributed by atoms with Crippen molar-refractivity contribution < 1.29 is 0 Å². The molecule has 1 aromatic heterocycles. The van der Waals surface area contributed by atoms with E-state index in [1.165, 1.54) is 30.6 Å². The third-order valence-electron chi connectivity index (χ3n) is 2.54. The predicted molar refractivity (Wildman–Crippen MR) is 60.3 cm³/mol. The number of hydrogen-bond acceptors (Lipinski definition) is 1. The molecule has 1 aromatic rings. The van der Waals surface area contributed by atoms with E-state index in [0.29, 0.717) is 5.92 Å². The summed E-state index contributed by atoms with van der Waals surface area (Å²) in [6, 6.07) is 1.89. The second-order valence-corrected chi connectivity index (χ2v) is 6.13. The van der Waals surface area contributed by atoms with E-state index in [-0.39, 0.29) is 5.38 Å². The van der Waals surface area contributed by atoms with Gasteiger partial charge < -0.3 is 0 Å². The lowest BCUT2D eigenvalue weighted by Gasteiger charge is -2.29. The van der Waals surface area contributed by atoms with Gasteiger partial charge in [-0.25, -0.2) is 0 Å². The molecule has 1 saturated carbocycles. The first-order valence-electron chi connectivity index (χ1n) is 4.27. The van der Waals surface area contributed by atoms with Crippen LogP contribution in [-0.4, -0.2) is 0 Å². The van der Waals surface area contributed by atoms with Gasteiger partial charge in [0, 0.05) is 5.56 Å². The maximum atomic E-state index is 6.29. The Kier molecular flexibility index (Phi) is 3.09. The lowest BCUT2D eigenvalue weighted by atomic mass is 9.81. The van der Waals surface area contributed by atoms with Crippen molar-refractivity contribution in [1.29, 1.82) is 0 Å². The van der Waals surface area contributed by atoms with Crippen LogP contribution in [0.2, 0.25) is 8.67 Å². The van der Waals surface area contributed by atoms with Crippen LogP contribution in [0.15, 0.2) is 6.07 Å². The molecule has 0 N–H and O–H groups in total. The molecule has 0 nitrogen and oxygen atoms in total. The molecule has 0 saturated heterocycles. The summed E-state index contributed by atoms with van der Waals surface area (Å²) in [5, 5.41) is 0.0602. The third-order valence-corrected chi connectivity index (χ3v) is 4.65. The van der Waals surface area contributed by atoms with Crippen molar-refractivity contribution in [1.82, 2.24) is 0 Å². The largest absolute Gasteiger partial charge is 0.117 e. The van der Waals surface area contributed by atoms with Gasteiger partial charge >= 0.3 is 0 Å². The molecule has 0 aliphatic heterocycles. The number of hydrogen-bond donors (Lipinski definition) is 0. The minimum absolute atomic E-state index is 0.0602. The van der Waals surface area contributed by atoms with Crippen molar-refractivity contribution in [2.45, 2.75) is 24.6 Å². The molecule has 1 atom stereocenters. The molecular formula is C9H9Cl3S. The van der Waals surface area contributed by atoms with Gasteiger partial charge in [0.15, 0.2) is 0 Å². The summed E-state index contributed by atoms with van der Waals surface area (Å²) in [6.45, 7) is 0. The Balaban J connectivity index is 2.18. The first-order chi connectivity index (χ1) is 6.18. The lowest BCUT2D eigenvalue weighted by Crippen LogP contribution is -2.16. The Morgan fingerprint density at radius 2 is 2.08 bits per heavy atom. The minimum Gasteiger partial charge on any atom is -0.117 e. The van der Waals surface area contributed by atoms with E-state index in [2.05, 4.69) is 0 Å². The van der Waals surface area contributed by atoms with Gasteiger partial charge in [-0.2, -0.15) is 0 Å². The highest BCUT2D eigenvalue weighted by molar-refractivity contribution is 7.20. The molecule has 1 aliphatic carbocycles. The first kappa shape index (κ1) is 10.1. The van der Waals surface area contributed by atoms with Crippen LogP contribution >= 0.6 is 46.1 Å². The van der Waals surface area contributed by atoms with E-state index in [1.54, 1.807) is 0 Å². The molecule has 0 bridgehead atoms. The lowest BCUT2D eigenvalue weighted by molar-refractivity contribution is 0.306. The maximum Gasteiger partial charge on any atom is 0.0991 e. The van der Waals surface area contributed by atoms with E-state index in [1.807, 2.05) is 6.07 Å². The van der Waals surface area contributed by atoms with Crippen molar-refractivity contribution in [3.05, 3.63) is 20.3 Å². The molecule has 0 spiro atoms. The van der Waals surface area contributed by atoms with Crippen LogP contribution in [-0.2, 0) is 0 Å². The highest BCUT2D eigenvalue weighted by Gasteiger charge is 2.29. The van der Waals surface area contributed by atoms with Gasteiger partial charge in [-0.3, -0.25) is 0 Å². The second-order valence-electron chi connectivity index (χ2n) is 3.37. The van der Waals surface area contributed by atoms with Gasteiger partial charge in [0.1, 0.15) is 0 Å². The molecule has 0 radical (unpaired) electrons. The third kappa shape index (κ3) is 1.99. The second kappa shape index (κ2) is 3.98. The predicted octanol–water partition coefficient (Wildman–Crippen LogP) is 5.13. The maximum absolute atomic E-state index is 6.29. The molecule has 2 rings (SSSR count). The number of halogens is 3. The highest BCUT2D eigenvalue weighted by Crippen LogP contribution is 2.46. The van der Waals surface area contributed by atoms with Gasteiger partial charge in [-0.05, 0) is 24.8 Å². The van der Waals surface area contributed by atoms with Crippen LogP contribution in [0, 0.1) is 5.92 Å². The molecule has 1 unspecified atom stereocenters. The summed E-state index contributed by atoms with van der Waals surface area (Å²) < 4.78 is 1.47. The van der Waals surface area contributed by atoms with Crippen LogP contribution < -0.4 is 0 Å². The summed E-state index contributed by atoms with van der Waals surface area (Å²) in [4.78, 5) is 0.